The van der Waals surface area contributed by atoms with E-state index in [9.17, 15) is 10.2 Å². The average Bonchev–Trinajstić information content (AvgIpc) is 2.79. The van der Waals surface area contributed by atoms with Crippen LogP contribution in [0.2, 0.25) is 0 Å². The van der Waals surface area contributed by atoms with Crippen LogP contribution in [0.15, 0.2) is 34.3 Å². The molecule has 0 heterocycles. The Kier molecular flexibility index (Phi) is 9.04. The highest BCUT2D eigenvalue weighted by atomic mass is 16.3. The van der Waals surface area contributed by atoms with Gasteiger partial charge in [0.1, 0.15) is 11.5 Å². The molecule has 1 aliphatic carbocycles. The van der Waals surface area contributed by atoms with E-state index in [-0.39, 0.29) is 33.7 Å². The SMILES string of the molecule is CC(C)(C)c1ccc(C=N[C@@H]2CCCC[C@H]2N=Cc2ccc(C(C)(C)C)c(C(C)(C)C)c2O)c(O)c1C(C)(C)C. The fraction of sp³-hybridized carbons (Fsp3) is 0.611. The molecule has 220 valence electrons. The molecule has 0 spiro atoms. The highest BCUT2D eigenvalue weighted by Gasteiger charge is 2.31. The molecular formula is C36H54N2O2. The lowest BCUT2D eigenvalue weighted by Gasteiger charge is -2.31. The largest absolute Gasteiger partial charge is 0.507 e. The zero-order valence-corrected chi connectivity index (χ0v) is 27.2. The molecule has 1 saturated carbocycles. The van der Waals surface area contributed by atoms with Gasteiger partial charge in [0.15, 0.2) is 0 Å². The molecule has 0 saturated heterocycles. The Labute approximate surface area is 244 Å². The second kappa shape index (κ2) is 11.3. The van der Waals surface area contributed by atoms with Gasteiger partial charge in [-0.1, -0.05) is 108 Å². The van der Waals surface area contributed by atoms with E-state index >= 15 is 0 Å². The molecule has 0 aromatic heterocycles. The molecule has 0 unspecified atom stereocenters. The van der Waals surface area contributed by atoms with Crippen molar-refractivity contribution in [3.8, 4) is 11.5 Å². The van der Waals surface area contributed by atoms with Crippen LogP contribution in [0.4, 0.5) is 0 Å². The third-order valence-corrected chi connectivity index (χ3v) is 8.04. The van der Waals surface area contributed by atoms with Gasteiger partial charge in [0.05, 0.1) is 12.1 Å². The van der Waals surface area contributed by atoms with Gasteiger partial charge in [-0.25, -0.2) is 0 Å². The van der Waals surface area contributed by atoms with Crippen molar-refractivity contribution in [1.82, 2.24) is 0 Å². The topological polar surface area (TPSA) is 65.2 Å². The number of hydrogen-bond acceptors (Lipinski definition) is 4. The summed E-state index contributed by atoms with van der Waals surface area (Å²) in [6, 6.07) is 8.38. The summed E-state index contributed by atoms with van der Waals surface area (Å²) in [5.41, 5.74) is 5.33. The van der Waals surface area contributed by atoms with Crippen molar-refractivity contribution in [3.63, 3.8) is 0 Å². The lowest BCUT2D eigenvalue weighted by Crippen LogP contribution is -2.27. The predicted octanol–water partition coefficient (Wildman–Crippen LogP) is 9.14. The molecule has 4 nitrogen and oxygen atoms in total. The molecule has 0 amide bonds. The van der Waals surface area contributed by atoms with E-state index in [2.05, 4.69) is 95.2 Å². The molecule has 0 aliphatic heterocycles. The van der Waals surface area contributed by atoms with Crippen LogP contribution in [0.1, 0.15) is 142 Å². The van der Waals surface area contributed by atoms with Crippen molar-refractivity contribution in [2.75, 3.05) is 0 Å². The van der Waals surface area contributed by atoms with Crippen molar-refractivity contribution in [2.24, 2.45) is 9.98 Å². The van der Waals surface area contributed by atoms with Gasteiger partial charge in [-0.3, -0.25) is 9.98 Å². The Hall–Kier alpha value is -2.62. The Morgan fingerprint density at radius 1 is 0.550 bits per heavy atom. The maximum atomic E-state index is 11.4. The summed E-state index contributed by atoms with van der Waals surface area (Å²) in [5, 5.41) is 22.7. The summed E-state index contributed by atoms with van der Waals surface area (Å²) in [6.45, 7) is 26.0. The highest BCUT2D eigenvalue weighted by Crippen LogP contribution is 2.42. The summed E-state index contributed by atoms with van der Waals surface area (Å²) in [6.07, 6.45) is 7.87. The Bertz CT molecular complexity index is 1160. The maximum Gasteiger partial charge on any atom is 0.128 e. The number of rotatable bonds is 4. The van der Waals surface area contributed by atoms with Gasteiger partial charge in [0.2, 0.25) is 0 Å². The zero-order chi connectivity index (χ0) is 30.3. The van der Waals surface area contributed by atoms with Gasteiger partial charge in [-0.05, 0) is 57.8 Å². The summed E-state index contributed by atoms with van der Waals surface area (Å²) >= 11 is 0. The fourth-order valence-corrected chi connectivity index (χ4v) is 5.98. The monoisotopic (exact) mass is 546 g/mol. The third kappa shape index (κ3) is 7.17. The van der Waals surface area contributed by atoms with Crippen LogP contribution in [0.25, 0.3) is 0 Å². The second-order valence-corrected chi connectivity index (χ2v) is 15.8. The maximum absolute atomic E-state index is 11.4. The average molecular weight is 547 g/mol. The second-order valence-electron chi connectivity index (χ2n) is 15.8. The molecule has 0 bridgehead atoms. The lowest BCUT2D eigenvalue weighted by atomic mass is 9.74. The van der Waals surface area contributed by atoms with Crippen LogP contribution in [0.3, 0.4) is 0 Å². The third-order valence-electron chi connectivity index (χ3n) is 8.04. The van der Waals surface area contributed by atoms with Gasteiger partial charge in [0.25, 0.3) is 0 Å². The molecule has 4 heteroatoms. The lowest BCUT2D eigenvalue weighted by molar-refractivity contribution is 0.389. The molecule has 2 aromatic rings. The van der Waals surface area contributed by atoms with Crippen LogP contribution < -0.4 is 0 Å². The van der Waals surface area contributed by atoms with Crippen LogP contribution in [0, 0.1) is 0 Å². The first-order valence-electron chi connectivity index (χ1n) is 15.0. The Morgan fingerprint density at radius 3 is 1.15 bits per heavy atom. The van der Waals surface area contributed by atoms with Gasteiger partial charge < -0.3 is 10.2 Å². The first-order valence-corrected chi connectivity index (χ1v) is 15.0. The first kappa shape index (κ1) is 31.9. The molecule has 0 radical (unpaired) electrons. The summed E-state index contributed by atoms with van der Waals surface area (Å²) in [5.74, 6) is 0.663. The molecular weight excluding hydrogens is 492 g/mol. The minimum absolute atomic E-state index is 0.0443. The van der Waals surface area contributed by atoms with E-state index in [0.29, 0.717) is 11.5 Å². The fourth-order valence-electron chi connectivity index (χ4n) is 5.98. The van der Waals surface area contributed by atoms with Gasteiger partial charge in [-0.15, -0.1) is 0 Å². The molecule has 2 N–H and O–H groups in total. The van der Waals surface area contributed by atoms with Crippen LogP contribution in [0.5, 0.6) is 11.5 Å². The zero-order valence-electron chi connectivity index (χ0n) is 27.2. The molecule has 1 fully saturated rings. The smallest absolute Gasteiger partial charge is 0.128 e. The van der Waals surface area contributed by atoms with E-state index in [1.165, 1.54) is 11.1 Å². The minimum Gasteiger partial charge on any atom is -0.507 e. The number of nitrogens with zero attached hydrogens (tertiary/aromatic N) is 2. The Morgan fingerprint density at radius 2 is 0.875 bits per heavy atom. The number of benzene rings is 2. The van der Waals surface area contributed by atoms with E-state index in [4.69, 9.17) is 9.98 Å². The summed E-state index contributed by atoms with van der Waals surface area (Å²) < 4.78 is 0. The Balaban J connectivity index is 1.95. The van der Waals surface area contributed by atoms with Crippen LogP contribution >= 0.6 is 0 Å². The van der Waals surface area contributed by atoms with Crippen molar-refractivity contribution in [2.45, 2.75) is 143 Å². The van der Waals surface area contributed by atoms with Crippen LogP contribution in [-0.2, 0) is 21.7 Å². The predicted molar refractivity (Wildman–Crippen MR) is 172 cm³/mol. The van der Waals surface area contributed by atoms with E-state index in [1.807, 2.05) is 24.6 Å². The van der Waals surface area contributed by atoms with Gasteiger partial charge in [0, 0.05) is 34.7 Å². The highest BCUT2D eigenvalue weighted by molar-refractivity contribution is 5.86. The van der Waals surface area contributed by atoms with Gasteiger partial charge >= 0.3 is 0 Å². The first-order chi connectivity index (χ1) is 18.2. The molecule has 40 heavy (non-hydrogen) atoms. The summed E-state index contributed by atoms with van der Waals surface area (Å²) in [7, 11) is 0. The van der Waals surface area contributed by atoms with Gasteiger partial charge in [-0.2, -0.15) is 0 Å². The van der Waals surface area contributed by atoms with E-state index < -0.39 is 0 Å². The van der Waals surface area contributed by atoms with Crippen molar-refractivity contribution >= 4 is 12.4 Å². The number of phenolic OH excluding ortho intramolecular Hbond substituents is 2. The van der Waals surface area contributed by atoms with E-state index in [0.717, 1.165) is 47.9 Å². The molecule has 3 rings (SSSR count). The van der Waals surface area contributed by atoms with Crippen molar-refractivity contribution in [3.05, 3.63) is 57.6 Å². The van der Waals surface area contributed by atoms with Crippen molar-refractivity contribution < 1.29 is 10.2 Å². The van der Waals surface area contributed by atoms with Crippen LogP contribution in [-0.4, -0.2) is 34.7 Å². The molecule has 2 atom stereocenters. The number of aliphatic imine (C=N–C) groups is 2. The number of phenols is 2. The molecule has 2 aromatic carbocycles. The minimum atomic E-state index is -0.190. The number of hydrogen-bond donors (Lipinski definition) is 2. The van der Waals surface area contributed by atoms with E-state index in [1.54, 1.807) is 0 Å². The normalized spacial score (nSPS) is 19.6. The standard InChI is InChI=1S/C36H54N2O2/c1-33(2,3)25-19-17-23(31(39)29(25)35(7,8)9)21-37-27-15-13-14-16-28(27)38-22-24-18-20-26(34(4,5)6)30(32(24)40)36(10,11)12/h17-22,27-28,39-40H,13-16H2,1-12H3/t27-,28-/m1/s1. The summed E-state index contributed by atoms with van der Waals surface area (Å²) in [4.78, 5) is 9.97. The van der Waals surface area contributed by atoms with Crippen molar-refractivity contribution in [1.29, 1.82) is 0 Å². The number of aromatic hydroxyl groups is 2. The molecule has 1 aliphatic rings. The quantitative estimate of drug-likeness (QED) is 0.376.